The summed E-state index contributed by atoms with van der Waals surface area (Å²) in [5, 5.41) is 8.81. The van der Waals surface area contributed by atoms with Crippen LogP contribution in [0.25, 0.3) is 0 Å². The molecule has 2 heterocycles. The van der Waals surface area contributed by atoms with E-state index in [1.807, 2.05) is 29.6 Å². The number of urea groups is 1. The Labute approximate surface area is 133 Å². The third-order valence-electron chi connectivity index (χ3n) is 3.56. The van der Waals surface area contributed by atoms with E-state index in [1.54, 1.807) is 24.6 Å². The maximum Gasteiger partial charge on any atom is 0.319 e. The molecule has 1 fully saturated rings. The molecule has 0 bridgehead atoms. The minimum absolute atomic E-state index is 0.141. The van der Waals surface area contributed by atoms with E-state index in [9.17, 15) is 4.79 Å². The lowest BCUT2D eigenvalue weighted by Gasteiger charge is -2.16. The summed E-state index contributed by atoms with van der Waals surface area (Å²) in [6, 6.07) is 7.22. The van der Waals surface area contributed by atoms with Gasteiger partial charge >= 0.3 is 6.03 Å². The van der Waals surface area contributed by atoms with E-state index >= 15 is 0 Å². The lowest BCUT2D eigenvalue weighted by Crippen LogP contribution is -2.39. The number of benzene rings is 1. The Balaban J connectivity index is 1.49. The third-order valence-corrected chi connectivity index (χ3v) is 4.39. The molecular formula is C15H18N4O2S. The topological polar surface area (TPSA) is 66.5 Å². The van der Waals surface area contributed by atoms with Crippen molar-refractivity contribution in [2.75, 3.05) is 30.4 Å². The highest BCUT2D eigenvalue weighted by atomic mass is 32.1. The predicted molar refractivity (Wildman–Crippen MR) is 87.9 cm³/mol. The van der Waals surface area contributed by atoms with Gasteiger partial charge in [-0.1, -0.05) is 0 Å². The Morgan fingerprint density at radius 2 is 2.23 bits per heavy atom. The number of rotatable bonds is 4. The summed E-state index contributed by atoms with van der Waals surface area (Å²) in [4.78, 5) is 18.5. The van der Waals surface area contributed by atoms with Crippen LogP contribution < -0.4 is 20.3 Å². The number of thiazole rings is 1. The van der Waals surface area contributed by atoms with Crippen LogP contribution in [0.3, 0.4) is 0 Å². The monoisotopic (exact) mass is 318 g/mol. The summed E-state index contributed by atoms with van der Waals surface area (Å²) < 4.78 is 5.09. The fourth-order valence-electron chi connectivity index (χ4n) is 2.45. The number of hydrogen-bond acceptors (Lipinski definition) is 5. The van der Waals surface area contributed by atoms with Crippen LogP contribution in [0.5, 0.6) is 5.75 Å². The van der Waals surface area contributed by atoms with Crippen LogP contribution >= 0.6 is 11.3 Å². The minimum Gasteiger partial charge on any atom is -0.497 e. The summed E-state index contributed by atoms with van der Waals surface area (Å²) in [7, 11) is 1.61. The number of carbonyl (C=O) groups is 1. The zero-order chi connectivity index (χ0) is 15.4. The molecule has 116 valence electrons. The van der Waals surface area contributed by atoms with E-state index in [2.05, 4.69) is 20.5 Å². The van der Waals surface area contributed by atoms with Gasteiger partial charge in [0.25, 0.3) is 0 Å². The number of ether oxygens (including phenoxy) is 1. The number of nitrogens with one attached hydrogen (secondary N) is 2. The number of aromatic nitrogens is 1. The highest BCUT2D eigenvalue weighted by Gasteiger charge is 2.25. The fraction of sp³-hybridized carbons (Fsp3) is 0.333. The van der Waals surface area contributed by atoms with Gasteiger partial charge in [0.15, 0.2) is 5.13 Å². The molecule has 0 spiro atoms. The number of amides is 2. The van der Waals surface area contributed by atoms with E-state index < -0.39 is 0 Å². The van der Waals surface area contributed by atoms with Crippen LogP contribution in [-0.2, 0) is 0 Å². The standard InChI is InChI=1S/C15H18N4O2S/c1-21-13-4-2-11(3-5-13)17-14(20)18-12-6-8-19(10-12)15-16-7-9-22-15/h2-5,7,9,12H,6,8,10H2,1H3,(H2,17,18,20). The van der Waals surface area contributed by atoms with Gasteiger partial charge in [0.05, 0.1) is 7.11 Å². The van der Waals surface area contributed by atoms with Crippen molar-refractivity contribution in [2.45, 2.75) is 12.5 Å². The number of anilines is 2. The Kier molecular flexibility index (Phi) is 4.43. The summed E-state index contributed by atoms with van der Waals surface area (Å²) in [5.41, 5.74) is 0.744. The summed E-state index contributed by atoms with van der Waals surface area (Å²) in [6.07, 6.45) is 2.73. The van der Waals surface area contributed by atoms with E-state index in [0.29, 0.717) is 0 Å². The first-order valence-corrected chi connectivity index (χ1v) is 7.98. The van der Waals surface area contributed by atoms with Gasteiger partial charge in [-0.3, -0.25) is 0 Å². The highest BCUT2D eigenvalue weighted by Crippen LogP contribution is 2.22. The van der Waals surface area contributed by atoms with Gasteiger partial charge in [-0.15, -0.1) is 11.3 Å². The van der Waals surface area contributed by atoms with Gasteiger partial charge in [-0.05, 0) is 30.7 Å². The van der Waals surface area contributed by atoms with Crippen molar-refractivity contribution in [3.05, 3.63) is 35.8 Å². The first-order chi connectivity index (χ1) is 10.7. The normalized spacial score (nSPS) is 17.3. The van der Waals surface area contributed by atoms with Crippen LogP contribution in [0.4, 0.5) is 15.6 Å². The van der Waals surface area contributed by atoms with Crippen molar-refractivity contribution in [1.29, 1.82) is 0 Å². The molecule has 2 N–H and O–H groups in total. The van der Waals surface area contributed by atoms with Crippen molar-refractivity contribution < 1.29 is 9.53 Å². The lowest BCUT2D eigenvalue weighted by molar-refractivity contribution is 0.249. The maximum absolute atomic E-state index is 12.0. The molecule has 0 aliphatic carbocycles. The SMILES string of the molecule is COc1ccc(NC(=O)NC2CCN(c3nccs3)C2)cc1. The average Bonchev–Trinajstić information content (AvgIpc) is 3.19. The molecule has 6 nitrogen and oxygen atoms in total. The second kappa shape index (κ2) is 6.65. The molecule has 2 amide bonds. The van der Waals surface area contributed by atoms with Crippen molar-refractivity contribution >= 4 is 28.2 Å². The zero-order valence-electron chi connectivity index (χ0n) is 12.3. The summed E-state index contributed by atoms with van der Waals surface area (Å²) in [6.45, 7) is 1.71. The fourth-order valence-corrected chi connectivity index (χ4v) is 3.13. The van der Waals surface area contributed by atoms with E-state index in [-0.39, 0.29) is 12.1 Å². The van der Waals surface area contributed by atoms with Gasteiger partial charge < -0.3 is 20.3 Å². The second-order valence-corrected chi connectivity index (χ2v) is 5.95. The largest absolute Gasteiger partial charge is 0.497 e. The smallest absolute Gasteiger partial charge is 0.319 e. The predicted octanol–water partition coefficient (Wildman–Crippen LogP) is 2.55. The molecule has 7 heteroatoms. The van der Waals surface area contributed by atoms with Crippen LogP contribution in [0.2, 0.25) is 0 Å². The Hall–Kier alpha value is -2.28. The van der Waals surface area contributed by atoms with Gasteiger partial charge in [0, 0.05) is 36.4 Å². The molecule has 22 heavy (non-hydrogen) atoms. The molecule has 1 unspecified atom stereocenters. The van der Waals surface area contributed by atoms with Crippen molar-refractivity contribution in [1.82, 2.24) is 10.3 Å². The molecule has 2 aromatic rings. The number of methoxy groups -OCH3 is 1. The molecule has 0 saturated carbocycles. The van der Waals surface area contributed by atoms with Gasteiger partial charge in [0.2, 0.25) is 0 Å². The number of hydrogen-bond donors (Lipinski definition) is 2. The van der Waals surface area contributed by atoms with Crippen LogP contribution in [0.15, 0.2) is 35.8 Å². The first-order valence-electron chi connectivity index (χ1n) is 7.10. The summed E-state index contributed by atoms with van der Waals surface area (Å²) in [5.74, 6) is 0.765. The van der Waals surface area contributed by atoms with Crippen LogP contribution in [0.1, 0.15) is 6.42 Å². The maximum atomic E-state index is 12.0. The molecule has 1 aromatic carbocycles. The van der Waals surface area contributed by atoms with E-state index in [1.165, 1.54) is 0 Å². The molecule has 1 aliphatic heterocycles. The minimum atomic E-state index is -0.184. The van der Waals surface area contributed by atoms with Crippen molar-refractivity contribution in [2.24, 2.45) is 0 Å². The lowest BCUT2D eigenvalue weighted by atomic mass is 10.2. The van der Waals surface area contributed by atoms with Gasteiger partial charge in [-0.2, -0.15) is 0 Å². The first kappa shape index (κ1) is 14.6. The van der Waals surface area contributed by atoms with Crippen LogP contribution in [0, 0.1) is 0 Å². The molecule has 1 aliphatic rings. The van der Waals surface area contributed by atoms with Gasteiger partial charge in [-0.25, -0.2) is 9.78 Å². The molecular weight excluding hydrogens is 300 g/mol. The van der Waals surface area contributed by atoms with Gasteiger partial charge in [0.1, 0.15) is 5.75 Å². The highest BCUT2D eigenvalue weighted by molar-refractivity contribution is 7.13. The van der Waals surface area contributed by atoms with E-state index in [0.717, 1.165) is 36.1 Å². The van der Waals surface area contributed by atoms with Crippen molar-refractivity contribution in [3.63, 3.8) is 0 Å². The molecule has 1 aromatic heterocycles. The summed E-state index contributed by atoms with van der Waals surface area (Å²) >= 11 is 1.62. The number of nitrogens with zero attached hydrogens (tertiary/aromatic N) is 2. The molecule has 3 rings (SSSR count). The Morgan fingerprint density at radius 1 is 1.41 bits per heavy atom. The quantitative estimate of drug-likeness (QED) is 0.909. The molecule has 0 radical (unpaired) electrons. The average molecular weight is 318 g/mol. The molecule has 1 saturated heterocycles. The van der Waals surface area contributed by atoms with Crippen LogP contribution in [-0.4, -0.2) is 37.3 Å². The van der Waals surface area contributed by atoms with Crippen molar-refractivity contribution in [3.8, 4) is 5.75 Å². The third kappa shape index (κ3) is 3.48. The zero-order valence-corrected chi connectivity index (χ0v) is 13.1. The Morgan fingerprint density at radius 3 is 2.91 bits per heavy atom. The second-order valence-electron chi connectivity index (χ2n) is 5.07. The number of carbonyl (C=O) groups excluding carboxylic acids is 1. The Bertz CT molecular complexity index is 615. The van der Waals surface area contributed by atoms with E-state index in [4.69, 9.17) is 4.74 Å². The molecule has 1 atom stereocenters.